The lowest BCUT2D eigenvalue weighted by atomic mass is 10.1. The number of halogens is 15. The number of alkyl halides is 9. The van der Waals surface area contributed by atoms with E-state index in [0.717, 1.165) is 0 Å². The van der Waals surface area contributed by atoms with Gasteiger partial charge in [0.05, 0.1) is 11.4 Å². The molecule has 0 heterocycles. The highest BCUT2D eigenvalue weighted by Crippen LogP contribution is 2.48. The van der Waals surface area contributed by atoms with Crippen LogP contribution in [-0.2, 0) is 18.5 Å². The van der Waals surface area contributed by atoms with Gasteiger partial charge in [-0.3, -0.25) is 0 Å². The van der Waals surface area contributed by atoms with Gasteiger partial charge in [-0.1, -0.05) is 0 Å². The molecule has 0 aliphatic carbocycles. The van der Waals surface area contributed by atoms with Crippen LogP contribution in [0, 0.1) is 34.9 Å². The summed E-state index contributed by atoms with van der Waals surface area (Å²) in [4.78, 5) is 0. The number of hydrogen-bond acceptors (Lipinski definition) is 4. The van der Waals surface area contributed by atoms with Gasteiger partial charge in [0, 0.05) is 12.1 Å². The molecule has 0 fully saturated rings. The van der Waals surface area contributed by atoms with Crippen LogP contribution in [0.25, 0.3) is 0 Å². The highest BCUT2D eigenvalue weighted by atomic mass is 19.4. The summed E-state index contributed by atoms with van der Waals surface area (Å²) in [7, 11) is 0. The molecular weight excluding hydrogens is 597 g/mol. The molecule has 19 heteroatoms. The molecule has 4 N–H and O–H groups in total. The Balaban J connectivity index is 2.23. The van der Waals surface area contributed by atoms with Gasteiger partial charge in [0.15, 0.2) is 34.7 Å². The maximum atomic E-state index is 15.1. The summed E-state index contributed by atoms with van der Waals surface area (Å²) in [5, 5.41) is 0. The Morgan fingerprint density at radius 2 is 0.850 bits per heavy atom. The van der Waals surface area contributed by atoms with Crippen LogP contribution in [0.3, 0.4) is 0 Å². The summed E-state index contributed by atoms with van der Waals surface area (Å²) in [6, 6.07) is -1.53. The van der Waals surface area contributed by atoms with Gasteiger partial charge in [0.25, 0.3) is 0 Å². The maximum Gasteiger partial charge on any atom is 0.421 e. The highest BCUT2D eigenvalue weighted by molar-refractivity contribution is 5.58. The van der Waals surface area contributed by atoms with E-state index in [1.165, 1.54) is 0 Å². The van der Waals surface area contributed by atoms with Gasteiger partial charge in [0.2, 0.25) is 11.6 Å². The lowest BCUT2D eigenvalue weighted by Crippen LogP contribution is -2.15. The fourth-order valence-corrected chi connectivity index (χ4v) is 3.18. The van der Waals surface area contributed by atoms with Crippen LogP contribution >= 0.6 is 0 Å². The van der Waals surface area contributed by atoms with Crippen molar-refractivity contribution in [3.8, 4) is 23.0 Å². The summed E-state index contributed by atoms with van der Waals surface area (Å²) < 4.78 is 212. The van der Waals surface area contributed by atoms with Crippen molar-refractivity contribution in [3.63, 3.8) is 0 Å². The normalized spacial score (nSPS) is 12.6. The largest absolute Gasteiger partial charge is 0.450 e. The van der Waals surface area contributed by atoms with Crippen molar-refractivity contribution in [2.45, 2.75) is 18.5 Å². The van der Waals surface area contributed by atoms with Crippen LogP contribution in [-0.4, -0.2) is 0 Å². The van der Waals surface area contributed by atoms with Crippen molar-refractivity contribution in [2.75, 3.05) is 11.5 Å². The lowest BCUT2D eigenvalue weighted by Gasteiger charge is -2.20. The molecule has 3 aromatic rings. The average Bonchev–Trinajstić information content (AvgIpc) is 2.76. The van der Waals surface area contributed by atoms with E-state index in [1.54, 1.807) is 0 Å². The zero-order chi connectivity index (χ0) is 30.7. The monoisotopic (exact) mass is 604 g/mol. The minimum absolute atomic E-state index is 0.419. The third-order valence-electron chi connectivity index (χ3n) is 4.87. The molecule has 0 unspecified atom stereocenters. The van der Waals surface area contributed by atoms with Gasteiger partial charge in [-0.15, -0.1) is 0 Å². The molecule has 218 valence electrons. The first kappa shape index (κ1) is 30.4. The summed E-state index contributed by atoms with van der Waals surface area (Å²) in [5.74, 6) is -22.5. The molecule has 0 aliphatic rings. The highest BCUT2D eigenvalue weighted by Gasteiger charge is 2.43. The third kappa shape index (κ3) is 5.44. The molecule has 40 heavy (non-hydrogen) atoms. The Hall–Kier alpha value is -4.19. The Bertz CT molecular complexity index is 1490. The van der Waals surface area contributed by atoms with Crippen LogP contribution in [0.15, 0.2) is 18.2 Å². The first-order valence-corrected chi connectivity index (χ1v) is 9.71. The van der Waals surface area contributed by atoms with Crippen LogP contribution < -0.4 is 20.9 Å². The van der Waals surface area contributed by atoms with Crippen molar-refractivity contribution in [3.05, 3.63) is 69.8 Å². The van der Waals surface area contributed by atoms with Gasteiger partial charge in [-0.2, -0.15) is 43.9 Å². The second-order valence-electron chi connectivity index (χ2n) is 7.49. The summed E-state index contributed by atoms with van der Waals surface area (Å²) in [6.45, 7) is 0. The Morgan fingerprint density at radius 3 is 1.20 bits per heavy atom. The van der Waals surface area contributed by atoms with E-state index in [9.17, 15) is 61.5 Å². The van der Waals surface area contributed by atoms with Gasteiger partial charge < -0.3 is 20.9 Å². The first-order valence-electron chi connectivity index (χ1n) is 9.71. The van der Waals surface area contributed by atoms with Gasteiger partial charge >= 0.3 is 18.5 Å². The summed E-state index contributed by atoms with van der Waals surface area (Å²) in [5.41, 5.74) is -1.54. The van der Waals surface area contributed by atoms with Gasteiger partial charge in [-0.25, -0.2) is 22.0 Å². The number of anilines is 2. The van der Waals surface area contributed by atoms with Crippen molar-refractivity contribution < 1.29 is 75.3 Å². The zero-order valence-electron chi connectivity index (χ0n) is 18.4. The molecule has 0 aliphatic heterocycles. The Morgan fingerprint density at radius 1 is 0.475 bits per heavy atom. The number of hydrogen-bond donors (Lipinski definition) is 2. The van der Waals surface area contributed by atoms with E-state index >= 15 is 4.39 Å². The molecule has 0 saturated carbocycles. The van der Waals surface area contributed by atoms with E-state index in [4.69, 9.17) is 11.5 Å². The quantitative estimate of drug-likeness (QED) is 0.232. The molecule has 0 radical (unpaired) electrons. The van der Waals surface area contributed by atoms with Crippen LogP contribution in [0.2, 0.25) is 0 Å². The van der Waals surface area contributed by atoms with E-state index in [1.807, 2.05) is 0 Å². The SMILES string of the molecule is Nc1c(F)c(Oc2c(F)cc(C(F)(F)F)c(Oc3cc(F)c(C(F)(F)F)c(N)c3F)c2F)cc(F)c1C(F)(F)F. The van der Waals surface area contributed by atoms with Crippen LogP contribution in [0.4, 0.5) is 77.2 Å². The summed E-state index contributed by atoms with van der Waals surface area (Å²) >= 11 is 0. The fourth-order valence-electron chi connectivity index (χ4n) is 3.18. The molecule has 0 saturated heterocycles. The molecular formula is C21H7F15N2O2. The van der Waals surface area contributed by atoms with Crippen LogP contribution in [0.5, 0.6) is 23.0 Å². The topological polar surface area (TPSA) is 70.5 Å². The number of rotatable bonds is 4. The fraction of sp³-hybridized carbons (Fsp3) is 0.143. The second kappa shape index (κ2) is 9.77. The predicted molar refractivity (Wildman–Crippen MR) is 103 cm³/mol. The average molecular weight is 604 g/mol. The standard InChI is InChI=1S/C21H7F15N2O2/c22-5-2-8(12(25)15(37)10(5)20(31,32)33)39-17-4(19(28,29)30)1-7(24)18(14(17)27)40-9-3-6(23)11(21(34,35)36)16(38)13(9)26/h1-3H,37-38H2. The molecule has 0 bridgehead atoms. The maximum absolute atomic E-state index is 15.1. The van der Waals surface area contributed by atoms with Crippen molar-refractivity contribution in [1.82, 2.24) is 0 Å². The third-order valence-corrected chi connectivity index (χ3v) is 4.87. The second-order valence-corrected chi connectivity index (χ2v) is 7.49. The van der Waals surface area contributed by atoms with Crippen molar-refractivity contribution in [1.29, 1.82) is 0 Å². The minimum atomic E-state index is -5.78. The Kier molecular flexibility index (Phi) is 7.42. The number of nitrogen functional groups attached to an aromatic ring is 2. The Labute approximate surface area is 210 Å². The van der Waals surface area contributed by atoms with Gasteiger partial charge in [0.1, 0.15) is 28.3 Å². The van der Waals surface area contributed by atoms with Crippen LogP contribution in [0.1, 0.15) is 16.7 Å². The first-order chi connectivity index (χ1) is 18.1. The molecule has 0 aromatic heterocycles. The molecule has 4 nitrogen and oxygen atoms in total. The lowest BCUT2D eigenvalue weighted by molar-refractivity contribution is -0.140. The van der Waals surface area contributed by atoms with E-state index in [-0.39, 0.29) is 0 Å². The zero-order valence-corrected chi connectivity index (χ0v) is 18.4. The van der Waals surface area contributed by atoms with E-state index in [0.29, 0.717) is 0 Å². The summed E-state index contributed by atoms with van der Waals surface area (Å²) in [6.07, 6.45) is -17.0. The minimum Gasteiger partial charge on any atom is -0.450 e. The smallest absolute Gasteiger partial charge is 0.421 e. The molecule has 0 amide bonds. The predicted octanol–water partition coefficient (Wildman–Crippen LogP) is 8.33. The van der Waals surface area contributed by atoms with E-state index < -0.39 is 123 Å². The molecule has 0 spiro atoms. The number of nitrogens with two attached hydrogens (primary N) is 2. The van der Waals surface area contributed by atoms with E-state index in [2.05, 4.69) is 9.47 Å². The van der Waals surface area contributed by atoms with Crippen molar-refractivity contribution >= 4 is 11.4 Å². The number of ether oxygens (including phenoxy) is 2. The van der Waals surface area contributed by atoms with Gasteiger partial charge in [-0.05, 0) is 6.07 Å². The molecule has 3 rings (SSSR count). The molecule has 0 atom stereocenters. The van der Waals surface area contributed by atoms with Crippen molar-refractivity contribution in [2.24, 2.45) is 0 Å². The number of benzene rings is 3. The molecule has 3 aromatic carbocycles.